The SMILES string of the molecule is CS(=O)(=O)N[C@H]1CCN(C(=O)[C@H]2[C@H](c3ccccc3-c3c(F)cccc3F)C2(F)F)C1. The molecular weight excluding hydrogens is 436 g/mol. The molecule has 0 unspecified atom stereocenters. The number of hydrogen-bond donors (Lipinski definition) is 1. The van der Waals surface area contributed by atoms with Gasteiger partial charge in [0.25, 0.3) is 5.92 Å². The highest BCUT2D eigenvalue weighted by atomic mass is 32.2. The van der Waals surface area contributed by atoms with Crippen LogP contribution in [0.2, 0.25) is 0 Å². The van der Waals surface area contributed by atoms with E-state index in [1.165, 1.54) is 35.2 Å². The molecule has 2 aromatic carbocycles. The highest BCUT2D eigenvalue weighted by molar-refractivity contribution is 7.88. The fraction of sp³-hybridized carbons (Fsp3) is 0.381. The molecule has 0 aromatic heterocycles. The second-order valence-corrected chi connectivity index (χ2v) is 9.75. The Bertz CT molecular complexity index is 1120. The Morgan fingerprint density at radius 1 is 1.10 bits per heavy atom. The molecule has 3 atom stereocenters. The summed E-state index contributed by atoms with van der Waals surface area (Å²) in [4.78, 5) is 14.0. The van der Waals surface area contributed by atoms with Crippen LogP contribution in [0.3, 0.4) is 0 Å². The molecule has 1 amide bonds. The lowest BCUT2D eigenvalue weighted by molar-refractivity contribution is -0.133. The number of benzene rings is 2. The van der Waals surface area contributed by atoms with E-state index in [9.17, 15) is 30.8 Å². The summed E-state index contributed by atoms with van der Waals surface area (Å²) in [5, 5.41) is 0. The fourth-order valence-corrected chi connectivity index (χ4v) is 5.13. The molecule has 166 valence electrons. The van der Waals surface area contributed by atoms with Gasteiger partial charge < -0.3 is 4.90 Å². The van der Waals surface area contributed by atoms with E-state index in [1.54, 1.807) is 0 Å². The van der Waals surface area contributed by atoms with Gasteiger partial charge in [-0.25, -0.2) is 30.7 Å². The second-order valence-electron chi connectivity index (χ2n) is 7.97. The first-order valence-corrected chi connectivity index (χ1v) is 11.6. The Hall–Kier alpha value is -2.46. The van der Waals surface area contributed by atoms with E-state index in [0.29, 0.717) is 6.42 Å². The zero-order chi connectivity index (χ0) is 22.6. The van der Waals surface area contributed by atoms with Crippen molar-refractivity contribution in [2.45, 2.75) is 24.3 Å². The monoisotopic (exact) mass is 456 g/mol. The van der Waals surface area contributed by atoms with E-state index in [4.69, 9.17) is 0 Å². The standard InChI is InChI=1S/C21H20F4N2O3S/c1-31(29,30)26-12-9-10-27(11-12)20(28)19-18(21(19,24)25)14-6-3-2-5-13(14)17-15(22)7-4-8-16(17)23/h2-8,12,18-19,26H,9-11H2,1H3/t12-,18-,19+/m0/s1. The fourth-order valence-electron chi connectivity index (χ4n) is 4.33. The van der Waals surface area contributed by atoms with Gasteiger partial charge in [-0.1, -0.05) is 30.3 Å². The predicted molar refractivity (Wildman–Crippen MR) is 106 cm³/mol. The van der Waals surface area contributed by atoms with Gasteiger partial charge in [-0.3, -0.25) is 4.79 Å². The Morgan fingerprint density at radius 2 is 1.74 bits per heavy atom. The summed E-state index contributed by atoms with van der Waals surface area (Å²) in [5.41, 5.74) is -0.429. The third-order valence-corrected chi connectivity index (χ3v) is 6.49. The molecular formula is C21H20F4N2O3S. The second kappa shape index (κ2) is 7.59. The number of carbonyl (C=O) groups excluding carboxylic acids is 1. The molecule has 1 saturated carbocycles. The molecule has 1 heterocycles. The summed E-state index contributed by atoms with van der Waals surface area (Å²) in [5.74, 6) is -9.12. The van der Waals surface area contributed by atoms with Gasteiger partial charge in [-0.2, -0.15) is 0 Å². The number of carbonyl (C=O) groups is 1. The van der Waals surface area contributed by atoms with Crippen LogP contribution in [0.5, 0.6) is 0 Å². The topological polar surface area (TPSA) is 66.5 Å². The lowest BCUT2D eigenvalue weighted by atomic mass is 9.95. The number of likely N-dealkylation sites (tertiary alicyclic amines) is 1. The van der Waals surface area contributed by atoms with Crippen LogP contribution in [-0.2, 0) is 14.8 Å². The van der Waals surface area contributed by atoms with Crippen molar-refractivity contribution < 1.29 is 30.8 Å². The van der Waals surface area contributed by atoms with Crippen LogP contribution in [0.4, 0.5) is 17.6 Å². The van der Waals surface area contributed by atoms with E-state index in [-0.39, 0.29) is 24.2 Å². The molecule has 0 spiro atoms. The summed E-state index contributed by atoms with van der Waals surface area (Å²) in [6.45, 7) is 0.143. The minimum Gasteiger partial charge on any atom is -0.341 e. The van der Waals surface area contributed by atoms with Gasteiger partial charge in [0, 0.05) is 19.1 Å². The highest BCUT2D eigenvalue weighted by Crippen LogP contribution is 2.63. The number of alkyl halides is 2. The van der Waals surface area contributed by atoms with Gasteiger partial charge in [-0.05, 0) is 29.7 Å². The smallest absolute Gasteiger partial charge is 0.268 e. The minimum atomic E-state index is -3.49. The van der Waals surface area contributed by atoms with Gasteiger partial charge in [0.05, 0.1) is 17.7 Å². The molecule has 31 heavy (non-hydrogen) atoms. The summed E-state index contributed by atoms with van der Waals surface area (Å²) in [6, 6.07) is 8.41. The molecule has 10 heteroatoms. The third-order valence-electron chi connectivity index (χ3n) is 5.73. The number of halogens is 4. The molecule has 1 aliphatic heterocycles. The lowest BCUT2D eigenvalue weighted by Crippen LogP contribution is -2.38. The van der Waals surface area contributed by atoms with Gasteiger partial charge in [0.15, 0.2) is 0 Å². The first-order chi connectivity index (χ1) is 14.5. The molecule has 2 aromatic rings. The largest absolute Gasteiger partial charge is 0.341 e. The van der Waals surface area contributed by atoms with Crippen LogP contribution >= 0.6 is 0 Å². The molecule has 5 nitrogen and oxygen atoms in total. The van der Waals surface area contributed by atoms with E-state index in [1.807, 2.05) is 0 Å². The Labute approximate surface area is 177 Å². The van der Waals surface area contributed by atoms with Crippen molar-refractivity contribution in [2.24, 2.45) is 5.92 Å². The summed E-state index contributed by atoms with van der Waals surface area (Å²) < 4.78 is 83.3. The number of amides is 1. The Morgan fingerprint density at radius 3 is 2.39 bits per heavy atom. The van der Waals surface area contributed by atoms with Crippen molar-refractivity contribution in [3.05, 3.63) is 59.7 Å². The maximum absolute atomic E-state index is 14.8. The van der Waals surface area contributed by atoms with E-state index < -0.39 is 56.9 Å². The van der Waals surface area contributed by atoms with Crippen LogP contribution in [0.25, 0.3) is 11.1 Å². The summed E-state index contributed by atoms with van der Waals surface area (Å²) >= 11 is 0. The molecule has 1 aliphatic carbocycles. The molecule has 1 N–H and O–H groups in total. The maximum atomic E-state index is 14.8. The molecule has 4 rings (SSSR count). The average molecular weight is 456 g/mol. The number of nitrogens with one attached hydrogen (secondary N) is 1. The lowest BCUT2D eigenvalue weighted by Gasteiger charge is -2.17. The number of nitrogens with zero attached hydrogens (tertiary/aromatic N) is 1. The molecule has 2 aliphatic rings. The highest BCUT2D eigenvalue weighted by Gasteiger charge is 2.73. The van der Waals surface area contributed by atoms with Crippen LogP contribution in [0.1, 0.15) is 17.9 Å². The van der Waals surface area contributed by atoms with E-state index in [2.05, 4.69) is 4.72 Å². The van der Waals surface area contributed by atoms with Crippen molar-refractivity contribution in [2.75, 3.05) is 19.3 Å². The van der Waals surface area contributed by atoms with Crippen molar-refractivity contribution in [3.63, 3.8) is 0 Å². The Kier molecular flexibility index (Phi) is 5.33. The number of sulfonamides is 1. The van der Waals surface area contributed by atoms with Gasteiger partial charge in [-0.15, -0.1) is 0 Å². The van der Waals surface area contributed by atoms with E-state index in [0.717, 1.165) is 18.4 Å². The van der Waals surface area contributed by atoms with Crippen molar-refractivity contribution in [1.82, 2.24) is 9.62 Å². The van der Waals surface area contributed by atoms with Crippen LogP contribution in [0.15, 0.2) is 42.5 Å². The number of rotatable bonds is 5. The third kappa shape index (κ3) is 4.06. The van der Waals surface area contributed by atoms with Crippen LogP contribution < -0.4 is 4.72 Å². The van der Waals surface area contributed by atoms with Gasteiger partial charge in [0.1, 0.15) is 17.6 Å². The molecule has 1 saturated heterocycles. The molecule has 2 fully saturated rings. The quantitative estimate of drug-likeness (QED) is 0.704. The minimum absolute atomic E-state index is 0.000132. The van der Waals surface area contributed by atoms with Crippen molar-refractivity contribution in [1.29, 1.82) is 0 Å². The Balaban J connectivity index is 1.61. The average Bonchev–Trinajstić information content (AvgIpc) is 2.99. The molecule has 0 radical (unpaired) electrons. The zero-order valence-electron chi connectivity index (χ0n) is 16.5. The summed E-state index contributed by atoms with van der Waals surface area (Å²) in [6.07, 6.45) is 1.31. The molecule has 0 bridgehead atoms. The normalized spacial score (nSPS) is 24.9. The van der Waals surface area contributed by atoms with Crippen LogP contribution in [0, 0.1) is 17.6 Å². The van der Waals surface area contributed by atoms with Crippen molar-refractivity contribution >= 4 is 15.9 Å². The zero-order valence-corrected chi connectivity index (χ0v) is 17.3. The first kappa shape index (κ1) is 21.8. The van der Waals surface area contributed by atoms with Gasteiger partial charge >= 0.3 is 0 Å². The maximum Gasteiger partial charge on any atom is 0.268 e. The first-order valence-electron chi connectivity index (χ1n) is 9.68. The van der Waals surface area contributed by atoms with Crippen LogP contribution in [-0.4, -0.2) is 50.5 Å². The van der Waals surface area contributed by atoms with Crippen molar-refractivity contribution in [3.8, 4) is 11.1 Å². The van der Waals surface area contributed by atoms with Gasteiger partial charge in [0.2, 0.25) is 15.9 Å². The predicted octanol–water partition coefficient (Wildman–Crippen LogP) is 3.13. The van der Waals surface area contributed by atoms with E-state index >= 15 is 0 Å². The number of hydrogen-bond acceptors (Lipinski definition) is 3. The summed E-state index contributed by atoms with van der Waals surface area (Å²) in [7, 11) is -3.49.